The summed E-state index contributed by atoms with van der Waals surface area (Å²) in [5.41, 5.74) is 8.75. The Labute approximate surface area is 212 Å². The van der Waals surface area contributed by atoms with Gasteiger partial charge in [0, 0.05) is 6.42 Å². The van der Waals surface area contributed by atoms with E-state index in [1.54, 1.807) is 0 Å². The molecule has 0 bridgehead atoms. The first-order chi connectivity index (χ1) is 17.1. The summed E-state index contributed by atoms with van der Waals surface area (Å²) in [6.07, 6.45) is 0.141. The van der Waals surface area contributed by atoms with Crippen molar-refractivity contribution in [1.29, 1.82) is 0 Å². The molecule has 0 radical (unpaired) electrons. The SMILES string of the molecule is CC(C)(C)[C@H](N)C(=O)N1C[C@](OCc2ccccc2)(c2ccc(-c3ccccc3)cc2)CC1C(=O)O. The molecule has 4 rings (SSSR count). The maximum atomic E-state index is 13.4. The van der Waals surface area contributed by atoms with E-state index in [1.165, 1.54) is 4.90 Å². The third kappa shape index (κ3) is 5.35. The number of hydrogen-bond donors (Lipinski definition) is 2. The summed E-state index contributed by atoms with van der Waals surface area (Å²) in [4.78, 5) is 27.1. The Morgan fingerprint density at radius 3 is 2.08 bits per heavy atom. The van der Waals surface area contributed by atoms with Crippen molar-refractivity contribution in [1.82, 2.24) is 4.90 Å². The number of amides is 1. The van der Waals surface area contributed by atoms with E-state index in [0.29, 0.717) is 6.61 Å². The van der Waals surface area contributed by atoms with Gasteiger partial charge < -0.3 is 20.5 Å². The van der Waals surface area contributed by atoms with Gasteiger partial charge in [-0.1, -0.05) is 106 Å². The van der Waals surface area contributed by atoms with Crippen LogP contribution in [0.15, 0.2) is 84.9 Å². The first-order valence-corrected chi connectivity index (χ1v) is 12.2. The molecule has 6 heteroatoms. The number of aliphatic carboxylic acids is 1. The van der Waals surface area contributed by atoms with Crippen LogP contribution in [0.3, 0.4) is 0 Å². The highest BCUT2D eigenvalue weighted by Gasteiger charge is 2.52. The minimum absolute atomic E-state index is 0.115. The summed E-state index contributed by atoms with van der Waals surface area (Å²) in [5.74, 6) is -1.43. The molecule has 6 nitrogen and oxygen atoms in total. The molecule has 3 aromatic rings. The topological polar surface area (TPSA) is 92.9 Å². The summed E-state index contributed by atoms with van der Waals surface area (Å²) in [6, 6.07) is 25.9. The normalized spacial score (nSPS) is 20.8. The van der Waals surface area contributed by atoms with Gasteiger partial charge in [0.2, 0.25) is 5.91 Å². The van der Waals surface area contributed by atoms with Crippen molar-refractivity contribution in [3.8, 4) is 11.1 Å². The fraction of sp³-hybridized carbons (Fsp3) is 0.333. The Kier molecular flexibility index (Phi) is 7.29. The molecule has 1 heterocycles. The standard InChI is InChI=1S/C30H34N2O4/c1-29(2,3)26(31)27(33)32-20-30(18-25(32)28(34)35,36-19-21-10-6-4-7-11-21)24-16-14-23(15-17-24)22-12-8-5-9-13-22/h4-17,25-26H,18-20,31H2,1-3H3,(H,34,35)/t25?,26-,30+/m1/s1. The zero-order chi connectivity index (χ0) is 25.9. The lowest BCUT2D eigenvalue weighted by molar-refractivity contribution is -0.149. The number of carbonyl (C=O) groups excluding carboxylic acids is 1. The molecule has 1 amide bonds. The van der Waals surface area contributed by atoms with Gasteiger partial charge in [0.15, 0.2) is 0 Å². The number of hydrogen-bond acceptors (Lipinski definition) is 4. The molecular weight excluding hydrogens is 452 g/mol. The summed E-state index contributed by atoms with van der Waals surface area (Å²) < 4.78 is 6.54. The van der Waals surface area contributed by atoms with Crippen LogP contribution in [0.1, 0.15) is 38.3 Å². The van der Waals surface area contributed by atoms with Crippen LogP contribution in [-0.2, 0) is 26.5 Å². The van der Waals surface area contributed by atoms with Crippen LogP contribution in [-0.4, -0.2) is 40.5 Å². The second-order valence-corrected chi connectivity index (χ2v) is 10.6. The first-order valence-electron chi connectivity index (χ1n) is 12.2. The second kappa shape index (κ2) is 10.2. The molecule has 1 saturated heterocycles. The van der Waals surface area contributed by atoms with Crippen LogP contribution in [0.4, 0.5) is 0 Å². The summed E-state index contributed by atoms with van der Waals surface area (Å²) >= 11 is 0. The van der Waals surface area contributed by atoms with Crippen LogP contribution in [0.5, 0.6) is 0 Å². The molecule has 188 valence electrons. The maximum Gasteiger partial charge on any atom is 0.326 e. The Morgan fingerprint density at radius 1 is 0.972 bits per heavy atom. The van der Waals surface area contributed by atoms with Crippen molar-refractivity contribution in [2.24, 2.45) is 11.1 Å². The van der Waals surface area contributed by atoms with Crippen molar-refractivity contribution in [3.05, 3.63) is 96.1 Å². The largest absolute Gasteiger partial charge is 0.480 e. The second-order valence-electron chi connectivity index (χ2n) is 10.6. The van der Waals surface area contributed by atoms with Gasteiger partial charge in [-0.2, -0.15) is 0 Å². The van der Waals surface area contributed by atoms with E-state index in [9.17, 15) is 14.7 Å². The van der Waals surface area contributed by atoms with E-state index in [4.69, 9.17) is 10.5 Å². The third-order valence-corrected chi connectivity index (χ3v) is 6.97. The molecule has 36 heavy (non-hydrogen) atoms. The summed E-state index contributed by atoms with van der Waals surface area (Å²) in [5, 5.41) is 10.1. The number of ether oxygens (including phenoxy) is 1. The third-order valence-electron chi connectivity index (χ3n) is 6.97. The van der Waals surface area contributed by atoms with Gasteiger partial charge >= 0.3 is 5.97 Å². The fourth-order valence-corrected chi connectivity index (χ4v) is 4.66. The van der Waals surface area contributed by atoms with Gasteiger partial charge in [0.1, 0.15) is 11.6 Å². The molecule has 3 atom stereocenters. The molecule has 1 aliphatic heterocycles. The number of carboxylic acid groups (broad SMARTS) is 1. The molecule has 0 aliphatic carbocycles. The first kappa shape index (κ1) is 25.6. The highest BCUT2D eigenvalue weighted by molar-refractivity contribution is 5.88. The lowest BCUT2D eigenvalue weighted by atomic mass is 9.86. The van der Waals surface area contributed by atoms with Crippen LogP contribution in [0, 0.1) is 5.41 Å². The van der Waals surface area contributed by atoms with E-state index in [0.717, 1.165) is 22.3 Å². The molecule has 1 aliphatic rings. The molecule has 3 N–H and O–H groups in total. The van der Waals surface area contributed by atoms with Crippen LogP contribution >= 0.6 is 0 Å². The van der Waals surface area contributed by atoms with Crippen molar-refractivity contribution in [3.63, 3.8) is 0 Å². The zero-order valence-electron chi connectivity index (χ0n) is 21.1. The number of carbonyl (C=O) groups is 2. The van der Waals surface area contributed by atoms with Crippen molar-refractivity contribution >= 4 is 11.9 Å². The van der Waals surface area contributed by atoms with E-state index in [-0.39, 0.29) is 18.9 Å². The van der Waals surface area contributed by atoms with Gasteiger partial charge in [-0.05, 0) is 27.7 Å². The maximum absolute atomic E-state index is 13.4. The molecule has 1 fully saturated rings. The summed E-state index contributed by atoms with van der Waals surface area (Å²) in [7, 11) is 0. The summed E-state index contributed by atoms with van der Waals surface area (Å²) in [6.45, 7) is 6.04. The van der Waals surface area contributed by atoms with Crippen molar-refractivity contribution in [2.45, 2.75) is 51.5 Å². The van der Waals surface area contributed by atoms with Gasteiger partial charge in [0.05, 0.1) is 19.2 Å². The van der Waals surface area contributed by atoms with Crippen molar-refractivity contribution < 1.29 is 19.4 Å². The Hall–Kier alpha value is -3.48. The van der Waals surface area contributed by atoms with Gasteiger partial charge in [-0.15, -0.1) is 0 Å². The van der Waals surface area contributed by atoms with Gasteiger partial charge in [-0.25, -0.2) is 4.79 Å². The smallest absolute Gasteiger partial charge is 0.326 e. The average Bonchev–Trinajstić information content (AvgIpc) is 3.29. The highest BCUT2D eigenvalue weighted by atomic mass is 16.5. The molecular formula is C30H34N2O4. The number of likely N-dealkylation sites (tertiary alicyclic amines) is 1. The molecule has 0 saturated carbocycles. The zero-order valence-corrected chi connectivity index (χ0v) is 21.1. The minimum Gasteiger partial charge on any atom is -0.480 e. The molecule has 3 aromatic carbocycles. The number of carboxylic acids is 1. The molecule has 0 spiro atoms. The lowest BCUT2D eigenvalue weighted by Gasteiger charge is -2.33. The average molecular weight is 487 g/mol. The number of benzene rings is 3. The number of nitrogens with two attached hydrogens (primary N) is 1. The predicted molar refractivity (Wildman–Crippen MR) is 140 cm³/mol. The van der Waals surface area contributed by atoms with Crippen LogP contribution < -0.4 is 5.73 Å². The van der Waals surface area contributed by atoms with Crippen LogP contribution in [0.25, 0.3) is 11.1 Å². The lowest BCUT2D eigenvalue weighted by Crippen LogP contribution is -2.53. The molecule has 0 aromatic heterocycles. The van der Waals surface area contributed by atoms with Gasteiger partial charge in [-0.3, -0.25) is 4.79 Å². The quantitative estimate of drug-likeness (QED) is 0.499. The Morgan fingerprint density at radius 2 is 1.53 bits per heavy atom. The minimum atomic E-state index is -1.06. The van der Waals surface area contributed by atoms with Crippen molar-refractivity contribution in [2.75, 3.05) is 6.54 Å². The van der Waals surface area contributed by atoms with E-state index in [2.05, 4.69) is 0 Å². The predicted octanol–water partition coefficient (Wildman–Crippen LogP) is 4.82. The molecule has 1 unspecified atom stereocenters. The Bertz CT molecular complexity index is 1190. The van der Waals surface area contributed by atoms with E-state index < -0.39 is 29.1 Å². The highest BCUT2D eigenvalue weighted by Crippen LogP contribution is 2.41. The Balaban J connectivity index is 1.71. The monoisotopic (exact) mass is 486 g/mol. The fourth-order valence-electron chi connectivity index (χ4n) is 4.66. The van der Waals surface area contributed by atoms with E-state index >= 15 is 0 Å². The van der Waals surface area contributed by atoms with Gasteiger partial charge in [0.25, 0.3) is 0 Å². The number of nitrogens with zero attached hydrogens (tertiary/aromatic N) is 1. The van der Waals surface area contributed by atoms with Crippen LogP contribution in [0.2, 0.25) is 0 Å². The van der Waals surface area contributed by atoms with E-state index in [1.807, 2.05) is 106 Å². The number of rotatable bonds is 7.